The number of ether oxygens (including phenoxy) is 1. The fourth-order valence-electron chi connectivity index (χ4n) is 1.80. The number of halogens is 2. The van der Waals surface area contributed by atoms with Crippen LogP contribution in [0.5, 0.6) is 0 Å². The summed E-state index contributed by atoms with van der Waals surface area (Å²) >= 11 is 8.16. The summed E-state index contributed by atoms with van der Waals surface area (Å²) in [6.45, 7) is 2.78. The SMILES string of the molecule is CC1COC(CO)CN1C(=O)c1cc(Br)c(Br)s1. The van der Waals surface area contributed by atoms with Gasteiger partial charge in [0.05, 0.1) is 34.0 Å². The zero-order valence-electron chi connectivity index (χ0n) is 9.73. The van der Waals surface area contributed by atoms with Gasteiger partial charge < -0.3 is 14.7 Å². The molecular formula is C11H13Br2NO3S. The Bertz CT molecular complexity index is 432. The average molecular weight is 399 g/mol. The molecule has 7 heteroatoms. The van der Waals surface area contributed by atoms with Gasteiger partial charge in [0.25, 0.3) is 5.91 Å². The third-order valence-electron chi connectivity index (χ3n) is 2.83. The first-order valence-electron chi connectivity index (χ1n) is 5.51. The van der Waals surface area contributed by atoms with Crippen LogP contribution in [0.3, 0.4) is 0 Å². The Labute approximate surface area is 126 Å². The van der Waals surface area contributed by atoms with E-state index in [4.69, 9.17) is 9.84 Å². The van der Waals surface area contributed by atoms with E-state index in [-0.39, 0.29) is 24.7 Å². The van der Waals surface area contributed by atoms with Crippen LogP contribution in [0.1, 0.15) is 16.6 Å². The maximum Gasteiger partial charge on any atom is 0.264 e. The van der Waals surface area contributed by atoms with Gasteiger partial charge in [-0.25, -0.2) is 0 Å². The highest BCUT2D eigenvalue weighted by Gasteiger charge is 2.30. The molecule has 1 aromatic heterocycles. The number of nitrogens with zero attached hydrogens (tertiary/aromatic N) is 1. The molecule has 0 spiro atoms. The van der Waals surface area contributed by atoms with Crippen LogP contribution in [-0.4, -0.2) is 47.8 Å². The molecule has 2 unspecified atom stereocenters. The van der Waals surface area contributed by atoms with Gasteiger partial charge in [0.2, 0.25) is 0 Å². The Balaban J connectivity index is 2.16. The molecule has 1 aliphatic rings. The molecule has 0 bridgehead atoms. The molecule has 100 valence electrons. The third-order valence-corrected chi connectivity index (χ3v) is 6.07. The maximum absolute atomic E-state index is 12.4. The highest BCUT2D eigenvalue weighted by Crippen LogP contribution is 2.33. The summed E-state index contributed by atoms with van der Waals surface area (Å²) in [4.78, 5) is 14.8. The molecule has 18 heavy (non-hydrogen) atoms. The molecule has 0 aliphatic carbocycles. The molecule has 2 atom stereocenters. The first-order chi connectivity index (χ1) is 8.52. The normalized spacial score (nSPS) is 24.3. The Morgan fingerprint density at radius 1 is 1.67 bits per heavy atom. The zero-order valence-corrected chi connectivity index (χ0v) is 13.7. The molecule has 0 saturated carbocycles. The summed E-state index contributed by atoms with van der Waals surface area (Å²) in [5.74, 6) is -0.0133. The molecule has 0 radical (unpaired) electrons. The maximum atomic E-state index is 12.4. The summed E-state index contributed by atoms with van der Waals surface area (Å²) in [7, 11) is 0. The van der Waals surface area contributed by atoms with Crippen LogP contribution in [0.2, 0.25) is 0 Å². The standard InChI is InChI=1S/C11H13Br2NO3S/c1-6-5-17-7(4-15)3-14(6)11(16)9-2-8(12)10(13)18-9/h2,6-7,15H,3-5H2,1H3. The lowest BCUT2D eigenvalue weighted by Gasteiger charge is -2.37. The number of morpholine rings is 1. The number of aliphatic hydroxyl groups excluding tert-OH is 1. The van der Waals surface area contributed by atoms with Gasteiger partial charge in [-0.15, -0.1) is 11.3 Å². The van der Waals surface area contributed by atoms with Gasteiger partial charge >= 0.3 is 0 Å². The van der Waals surface area contributed by atoms with Crippen molar-refractivity contribution in [2.75, 3.05) is 19.8 Å². The van der Waals surface area contributed by atoms with Crippen molar-refractivity contribution in [3.63, 3.8) is 0 Å². The Kier molecular flexibility index (Phi) is 4.82. The van der Waals surface area contributed by atoms with Crippen LogP contribution in [0.15, 0.2) is 14.3 Å². The summed E-state index contributed by atoms with van der Waals surface area (Å²) in [5.41, 5.74) is 0. The van der Waals surface area contributed by atoms with E-state index >= 15 is 0 Å². The van der Waals surface area contributed by atoms with Gasteiger partial charge in [0.1, 0.15) is 0 Å². The first-order valence-corrected chi connectivity index (χ1v) is 7.91. The van der Waals surface area contributed by atoms with Crippen molar-refractivity contribution in [3.05, 3.63) is 19.2 Å². The predicted molar refractivity (Wildman–Crippen MR) is 77.0 cm³/mol. The van der Waals surface area contributed by atoms with Gasteiger partial charge in [-0.05, 0) is 44.8 Å². The van der Waals surface area contributed by atoms with E-state index in [2.05, 4.69) is 31.9 Å². The molecule has 2 rings (SSSR count). The van der Waals surface area contributed by atoms with Gasteiger partial charge in [-0.2, -0.15) is 0 Å². The highest BCUT2D eigenvalue weighted by atomic mass is 79.9. The van der Waals surface area contributed by atoms with E-state index in [1.807, 2.05) is 13.0 Å². The van der Waals surface area contributed by atoms with E-state index in [1.54, 1.807) is 4.90 Å². The van der Waals surface area contributed by atoms with Crippen molar-refractivity contribution in [1.82, 2.24) is 4.90 Å². The second kappa shape index (κ2) is 6.00. The minimum Gasteiger partial charge on any atom is -0.394 e. The zero-order chi connectivity index (χ0) is 13.3. The second-order valence-corrected chi connectivity index (χ2v) is 7.40. The summed E-state index contributed by atoms with van der Waals surface area (Å²) in [5, 5.41) is 9.12. The number of carbonyl (C=O) groups excluding carboxylic acids is 1. The number of carbonyl (C=O) groups is 1. The fraction of sp³-hybridized carbons (Fsp3) is 0.545. The summed E-state index contributed by atoms with van der Waals surface area (Å²) < 4.78 is 7.22. The Morgan fingerprint density at radius 3 is 2.94 bits per heavy atom. The first kappa shape index (κ1) is 14.5. The van der Waals surface area contributed by atoms with Crippen LogP contribution < -0.4 is 0 Å². The van der Waals surface area contributed by atoms with Crippen molar-refractivity contribution in [2.24, 2.45) is 0 Å². The van der Waals surface area contributed by atoms with Crippen LogP contribution in [0.4, 0.5) is 0 Å². The number of hydrogen-bond donors (Lipinski definition) is 1. The van der Waals surface area contributed by atoms with E-state index in [0.717, 1.165) is 8.26 Å². The third kappa shape index (κ3) is 2.96. The lowest BCUT2D eigenvalue weighted by atomic mass is 10.2. The smallest absolute Gasteiger partial charge is 0.264 e. The van der Waals surface area contributed by atoms with E-state index in [9.17, 15) is 4.79 Å². The Morgan fingerprint density at radius 2 is 2.39 bits per heavy atom. The summed E-state index contributed by atoms with van der Waals surface area (Å²) in [6, 6.07) is 1.84. The fourth-order valence-corrected chi connectivity index (χ4v) is 3.80. The predicted octanol–water partition coefficient (Wildman–Crippen LogP) is 2.49. The van der Waals surface area contributed by atoms with Gasteiger partial charge in [0.15, 0.2) is 0 Å². The Hall–Kier alpha value is 0.0500. The lowest BCUT2D eigenvalue weighted by Crippen LogP contribution is -2.51. The van der Waals surface area contributed by atoms with Crippen molar-refractivity contribution < 1.29 is 14.6 Å². The minimum absolute atomic E-state index is 0.0133. The highest BCUT2D eigenvalue weighted by molar-refractivity contribution is 9.13. The molecule has 1 fully saturated rings. The van der Waals surface area contributed by atoms with Crippen molar-refractivity contribution >= 4 is 49.1 Å². The van der Waals surface area contributed by atoms with Gasteiger partial charge in [0, 0.05) is 11.0 Å². The monoisotopic (exact) mass is 397 g/mol. The van der Waals surface area contributed by atoms with E-state index < -0.39 is 0 Å². The summed E-state index contributed by atoms with van der Waals surface area (Å²) in [6.07, 6.45) is -0.281. The molecule has 1 saturated heterocycles. The molecule has 4 nitrogen and oxygen atoms in total. The lowest BCUT2D eigenvalue weighted by molar-refractivity contribution is -0.0666. The number of hydrogen-bond acceptors (Lipinski definition) is 4. The topological polar surface area (TPSA) is 49.8 Å². The van der Waals surface area contributed by atoms with Crippen LogP contribution in [0.25, 0.3) is 0 Å². The number of aliphatic hydroxyl groups is 1. The van der Waals surface area contributed by atoms with Crippen molar-refractivity contribution in [2.45, 2.75) is 19.1 Å². The van der Waals surface area contributed by atoms with Crippen LogP contribution in [-0.2, 0) is 4.74 Å². The molecule has 1 aliphatic heterocycles. The molecule has 1 amide bonds. The van der Waals surface area contributed by atoms with E-state index in [1.165, 1.54) is 11.3 Å². The molecule has 1 N–H and O–H groups in total. The largest absolute Gasteiger partial charge is 0.394 e. The van der Waals surface area contributed by atoms with Gasteiger partial charge in [-0.3, -0.25) is 4.79 Å². The van der Waals surface area contributed by atoms with Gasteiger partial charge in [-0.1, -0.05) is 0 Å². The van der Waals surface area contributed by atoms with Crippen LogP contribution in [0, 0.1) is 0 Å². The molecule has 0 aromatic carbocycles. The molecule has 2 heterocycles. The average Bonchev–Trinajstić information content (AvgIpc) is 2.69. The number of rotatable bonds is 2. The van der Waals surface area contributed by atoms with Crippen molar-refractivity contribution in [1.29, 1.82) is 0 Å². The second-order valence-electron chi connectivity index (χ2n) is 4.18. The van der Waals surface area contributed by atoms with Crippen LogP contribution >= 0.6 is 43.2 Å². The number of amides is 1. The number of thiophene rings is 1. The van der Waals surface area contributed by atoms with E-state index in [0.29, 0.717) is 18.0 Å². The quantitative estimate of drug-likeness (QED) is 0.832. The van der Waals surface area contributed by atoms with Crippen molar-refractivity contribution in [3.8, 4) is 0 Å². The molecule has 1 aromatic rings. The minimum atomic E-state index is -0.281. The molecular weight excluding hydrogens is 386 g/mol.